The molecular formula is C15H10BrIO3. The lowest BCUT2D eigenvalue weighted by Crippen LogP contribution is -2.15. The van der Waals surface area contributed by atoms with E-state index < -0.39 is 5.97 Å². The third kappa shape index (κ3) is 3.89. The molecule has 2 rings (SSSR count). The number of hydrogen-bond acceptors (Lipinski definition) is 3. The molecular weight excluding hydrogens is 435 g/mol. The maximum absolute atomic E-state index is 11.9. The van der Waals surface area contributed by atoms with Crippen LogP contribution in [0.1, 0.15) is 20.7 Å². The van der Waals surface area contributed by atoms with Crippen molar-refractivity contribution in [3.05, 3.63) is 67.7 Å². The number of esters is 1. The number of benzene rings is 2. The molecule has 0 fully saturated rings. The van der Waals surface area contributed by atoms with Crippen LogP contribution in [-0.4, -0.2) is 18.4 Å². The van der Waals surface area contributed by atoms with Crippen molar-refractivity contribution in [1.82, 2.24) is 0 Å². The monoisotopic (exact) mass is 444 g/mol. The Bertz CT molecular complexity index is 655. The van der Waals surface area contributed by atoms with Crippen molar-refractivity contribution in [2.24, 2.45) is 0 Å². The fourth-order valence-electron chi connectivity index (χ4n) is 1.58. The van der Waals surface area contributed by atoms with Gasteiger partial charge in [0.2, 0.25) is 0 Å². The number of hydrogen-bond donors (Lipinski definition) is 0. The van der Waals surface area contributed by atoms with Gasteiger partial charge in [-0.2, -0.15) is 0 Å². The van der Waals surface area contributed by atoms with E-state index in [0.717, 1.165) is 8.04 Å². The SMILES string of the molecule is O=C(COC(=O)c1ccccc1I)c1cccc(Br)c1. The molecule has 0 spiro atoms. The van der Waals surface area contributed by atoms with E-state index in [0.29, 0.717) is 11.1 Å². The number of carbonyl (C=O) groups excluding carboxylic acids is 2. The van der Waals surface area contributed by atoms with Gasteiger partial charge in [0, 0.05) is 13.6 Å². The fourth-order valence-corrected chi connectivity index (χ4v) is 2.59. The minimum atomic E-state index is -0.488. The van der Waals surface area contributed by atoms with Gasteiger partial charge in [0.15, 0.2) is 12.4 Å². The Kier molecular flexibility index (Phi) is 5.31. The first-order chi connectivity index (χ1) is 9.58. The Labute approximate surface area is 138 Å². The van der Waals surface area contributed by atoms with Gasteiger partial charge in [0.05, 0.1) is 5.56 Å². The van der Waals surface area contributed by atoms with Crippen LogP contribution in [0.25, 0.3) is 0 Å². The molecule has 2 aromatic rings. The average molecular weight is 445 g/mol. The van der Waals surface area contributed by atoms with Crippen LogP contribution >= 0.6 is 38.5 Å². The first-order valence-corrected chi connectivity index (χ1v) is 7.65. The molecule has 0 aliphatic heterocycles. The van der Waals surface area contributed by atoms with Gasteiger partial charge >= 0.3 is 5.97 Å². The lowest BCUT2D eigenvalue weighted by molar-refractivity contribution is 0.0473. The summed E-state index contributed by atoms with van der Waals surface area (Å²) in [6.45, 7) is -0.264. The van der Waals surface area contributed by atoms with Crippen LogP contribution in [0, 0.1) is 3.57 Å². The second-order valence-corrected chi connectivity index (χ2v) is 6.07. The standard InChI is InChI=1S/C15H10BrIO3/c16-11-5-3-4-10(8-11)14(18)9-20-15(19)12-6-1-2-7-13(12)17/h1-8H,9H2. The molecule has 3 nitrogen and oxygen atoms in total. The minimum Gasteiger partial charge on any atom is -0.454 e. The average Bonchev–Trinajstić information content (AvgIpc) is 2.45. The van der Waals surface area contributed by atoms with Crippen LogP contribution in [-0.2, 0) is 4.74 Å². The van der Waals surface area contributed by atoms with E-state index in [1.807, 2.05) is 18.2 Å². The maximum Gasteiger partial charge on any atom is 0.339 e. The zero-order valence-corrected chi connectivity index (χ0v) is 14.1. The highest BCUT2D eigenvalue weighted by Gasteiger charge is 2.13. The molecule has 20 heavy (non-hydrogen) atoms. The first kappa shape index (κ1) is 15.2. The molecule has 0 aromatic heterocycles. The van der Waals surface area contributed by atoms with Gasteiger partial charge in [-0.3, -0.25) is 4.79 Å². The summed E-state index contributed by atoms with van der Waals surface area (Å²) in [4.78, 5) is 23.8. The van der Waals surface area contributed by atoms with E-state index in [1.165, 1.54) is 0 Å². The molecule has 0 heterocycles. The van der Waals surface area contributed by atoms with Crippen LogP contribution in [0.5, 0.6) is 0 Å². The van der Waals surface area contributed by atoms with Gasteiger partial charge in [-0.05, 0) is 46.9 Å². The summed E-state index contributed by atoms with van der Waals surface area (Å²) in [6, 6.07) is 14.1. The Morgan fingerprint density at radius 3 is 2.55 bits per heavy atom. The fraction of sp³-hybridized carbons (Fsp3) is 0.0667. The molecule has 0 atom stereocenters. The van der Waals surface area contributed by atoms with Crippen LogP contribution in [0.15, 0.2) is 53.0 Å². The molecule has 0 saturated carbocycles. The summed E-state index contributed by atoms with van der Waals surface area (Å²) in [6.07, 6.45) is 0. The number of halogens is 2. The van der Waals surface area contributed by atoms with Crippen molar-refractivity contribution in [3.8, 4) is 0 Å². The topological polar surface area (TPSA) is 43.4 Å². The molecule has 5 heteroatoms. The highest BCUT2D eigenvalue weighted by molar-refractivity contribution is 14.1. The summed E-state index contributed by atoms with van der Waals surface area (Å²) in [5.74, 6) is -0.719. The summed E-state index contributed by atoms with van der Waals surface area (Å²) in [7, 11) is 0. The van der Waals surface area contributed by atoms with Crippen LogP contribution in [0.2, 0.25) is 0 Å². The highest BCUT2D eigenvalue weighted by Crippen LogP contribution is 2.14. The molecule has 102 valence electrons. The third-order valence-electron chi connectivity index (χ3n) is 2.57. The highest BCUT2D eigenvalue weighted by atomic mass is 127. The number of Topliss-reactive ketones (excluding diaryl/α,β-unsaturated/α-hetero) is 1. The molecule has 0 N–H and O–H groups in total. The van der Waals surface area contributed by atoms with Crippen molar-refractivity contribution < 1.29 is 14.3 Å². The van der Waals surface area contributed by atoms with Gasteiger partial charge < -0.3 is 4.74 Å². The van der Waals surface area contributed by atoms with Gasteiger partial charge in [-0.25, -0.2) is 4.79 Å². The lowest BCUT2D eigenvalue weighted by Gasteiger charge is -2.06. The third-order valence-corrected chi connectivity index (χ3v) is 4.01. The molecule has 0 amide bonds. The number of carbonyl (C=O) groups is 2. The second-order valence-electron chi connectivity index (χ2n) is 3.99. The van der Waals surface area contributed by atoms with Crippen LogP contribution < -0.4 is 0 Å². The van der Waals surface area contributed by atoms with Crippen molar-refractivity contribution in [3.63, 3.8) is 0 Å². The summed E-state index contributed by atoms with van der Waals surface area (Å²) in [5, 5.41) is 0. The number of ketones is 1. The summed E-state index contributed by atoms with van der Waals surface area (Å²) < 4.78 is 6.66. The van der Waals surface area contributed by atoms with E-state index in [4.69, 9.17) is 4.74 Å². The van der Waals surface area contributed by atoms with E-state index >= 15 is 0 Å². The van der Waals surface area contributed by atoms with E-state index in [-0.39, 0.29) is 12.4 Å². The smallest absolute Gasteiger partial charge is 0.339 e. The van der Waals surface area contributed by atoms with E-state index in [1.54, 1.807) is 30.3 Å². The Balaban J connectivity index is 2.01. The Morgan fingerprint density at radius 2 is 1.85 bits per heavy atom. The Hall–Kier alpha value is -1.21. The van der Waals surface area contributed by atoms with Crippen molar-refractivity contribution in [2.45, 2.75) is 0 Å². The molecule has 0 aliphatic rings. The minimum absolute atomic E-state index is 0.231. The van der Waals surface area contributed by atoms with Crippen LogP contribution in [0.4, 0.5) is 0 Å². The quantitative estimate of drug-likeness (QED) is 0.405. The summed E-state index contributed by atoms with van der Waals surface area (Å²) in [5.41, 5.74) is 0.977. The molecule has 0 aliphatic carbocycles. The predicted molar refractivity (Wildman–Crippen MR) is 87.9 cm³/mol. The van der Waals surface area contributed by atoms with Crippen LogP contribution in [0.3, 0.4) is 0 Å². The van der Waals surface area contributed by atoms with Gasteiger partial charge in [0.25, 0.3) is 0 Å². The van der Waals surface area contributed by atoms with Gasteiger partial charge in [-0.1, -0.05) is 40.2 Å². The lowest BCUT2D eigenvalue weighted by atomic mass is 10.1. The molecule has 2 aromatic carbocycles. The maximum atomic E-state index is 11.9. The van der Waals surface area contributed by atoms with Crippen molar-refractivity contribution in [1.29, 1.82) is 0 Å². The second kappa shape index (κ2) is 6.99. The number of ether oxygens (including phenoxy) is 1. The molecule has 0 bridgehead atoms. The normalized spacial score (nSPS) is 10.1. The molecule has 0 unspecified atom stereocenters. The molecule has 0 radical (unpaired) electrons. The summed E-state index contributed by atoms with van der Waals surface area (Å²) >= 11 is 5.35. The van der Waals surface area contributed by atoms with E-state index in [9.17, 15) is 9.59 Å². The van der Waals surface area contributed by atoms with Crippen molar-refractivity contribution in [2.75, 3.05) is 6.61 Å². The zero-order chi connectivity index (χ0) is 14.5. The largest absolute Gasteiger partial charge is 0.454 e. The van der Waals surface area contributed by atoms with Gasteiger partial charge in [0.1, 0.15) is 0 Å². The van der Waals surface area contributed by atoms with Gasteiger partial charge in [-0.15, -0.1) is 0 Å². The van der Waals surface area contributed by atoms with Crippen molar-refractivity contribution >= 4 is 50.3 Å². The Morgan fingerprint density at radius 1 is 1.10 bits per heavy atom. The predicted octanol–water partition coefficient (Wildman–Crippen LogP) is 4.09. The first-order valence-electron chi connectivity index (χ1n) is 5.78. The van der Waals surface area contributed by atoms with E-state index in [2.05, 4.69) is 38.5 Å². The number of rotatable bonds is 4. The molecule has 0 saturated heterocycles. The zero-order valence-electron chi connectivity index (χ0n) is 10.3.